The smallest absolute Gasteiger partial charge is 0.253 e. The zero-order valence-electron chi connectivity index (χ0n) is 9.83. The van der Waals surface area contributed by atoms with Crippen molar-refractivity contribution in [2.45, 2.75) is 0 Å². The van der Waals surface area contributed by atoms with Gasteiger partial charge in [0.2, 0.25) is 10.7 Å². The Morgan fingerprint density at radius 2 is 1.82 bits per heavy atom. The van der Waals surface area contributed by atoms with E-state index >= 15 is 0 Å². The molecule has 8 heteroatoms. The fourth-order valence-electron chi connectivity index (χ4n) is 2.02. The number of hydrogen-bond acceptors (Lipinski definition) is 5. The molecule has 0 aliphatic carbocycles. The summed E-state index contributed by atoms with van der Waals surface area (Å²) in [6.45, 7) is 3.10. The van der Waals surface area contributed by atoms with Crippen molar-refractivity contribution >= 4 is 23.9 Å². The second kappa shape index (κ2) is 3.81. The first-order valence-electron chi connectivity index (χ1n) is 5.50. The Kier molecular flexibility index (Phi) is 2.40. The van der Waals surface area contributed by atoms with Gasteiger partial charge in [-0.05, 0) is 12.2 Å². The van der Waals surface area contributed by atoms with Gasteiger partial charge < -0.3 is 9.64 Å². The lowest BCUT2D eigenvalue weighted by atomic mass is 10.4. The number of anilines is 1. The van der Waals surface area contributed by atoms with E-state index in [0.29, 0.717) is 4.77 Å². The Morgan fingerprint density at radius 3 is 2.53 bits per heavy atom. The van der Waals surface area contributed by atoms with E-state index in [9.17, 15) is 0 Å². The summed E-state index contributed by atoms with van der Waals surface area (Å²) >= 11 is 5.39. The zero-order valence-corrected chi connectivity index (χ0v) is 10.6. The molecule has 2 aromatic heterocycles. The Bertz CT molecular complexity index is 605. The molecule has 0 bridgehead atoms. The molecule has 0 saturated carbocycles. The van der Waals surface area contributed by atoms with Gasteiger partial charge in [-0.3, -0.25) is 9.36 Å². The molecule has 0 N–H and O–H groups in total. The van der Waals surface area contributed by atoms with Crippen molar-refractivity contribution in [1.82, 2.24) is 24.0 Å². The van der Waals surface area contributed by atoms with Crippen molar-refractivity contribution in [2.24, 2.45) is 14.1 Å². The molecule has 0 aromatic carbocycles. The normalized spacial score (nSPS) is 16.9. The Hall–Kier alpha value is -1.41. The fourth-order valence-corrected chi connectivity index (χ4v) is 2.31. The van der Waals surface area contributed by atoms with Crippen LogP contribution < -0.4 is 4.90 Å². The highest BCUT2D eigenvalue weighted by atomic mass is 32.1. The van der Waals surface area contributed by atoms with Crippen molar-refractivity contribution < 1.29 is 4.74 Å². The van der Waals surface area contributed by atoms with Gasteiger partial charge in [0.15, 0.2) is 0 Å². The van der Waals surface area contributed by atoms with Crippen LogP contribution in [0.15, 0.2) is 0 Å². The number of hydrogen-bond donors (Lipinski definition) is 0. The predicted octanol–water partition coefficient (Wildman–Crippen LogP) is -0.0276. The largest absolute Gasteiger partial charge is 0.378 e. The summed E-state index contributed by atoms with van der Waals surface area (Å²) in [4.78, 5) is 2.15. The topological polar surface area (TPSA) is 52.5 Å². The minimum atomic E-state index is 0.703. The second-order valence-electron chi connectivity index (χ2n) is 4.06. The van der Waals surface area contributed by atoms with E-state index in [2.05, 4.69) is 15.1 Å². The number of aromatic nitrogens is 5. The van der Waals surface area contributed by atoms with E-state index in [1.54, 1.807) is 0 Å². The van der Waals surface area contributed by atoms with Crippen molar-refractivity contribution in [3.05, 3.63) is 4.77 Å². The van der Waals surface area contributed by atoms with E-state index in [4.69, 9.17) is 17.0 Å². The molecule has 1 fully saturated rings. The summed E-state index contributed by atoms with van der Waals surface area (Å²) in [6, 6.07) is 0. The van der Waals surface area contributed by atoms with Gasteiger partial charge >= 0.3 is 0 Å². The van der Waals surface area contributed by atoms with Crippen LogP contribution in [0.4, 0.5) is 5.95 Å². The van der Waals surface area contributed by atoms with Crippen LogP contribution in [0.3, 0.4) is 0 Å². The van der Waals surface area contributed by atoms with E-state index in [1.165, 1.54) is 0 Å². The standard InChI is InChI=1S/C9H14N6OS/c1-12-7-10-11-8(14-3-5-16-6-4-14)15(7)9(17)13(12)2/h3-6H2,1-2H3. The molecule has 0 radical (unpaired) electrons. The molecular formula is C9H14N6OS. The maximum Gasteiger partial charge on any atom is 0.253 e. The van der Waals surface area contributed by atoms with Gasteiger partial charge in [0.05, 0.1) is 13.2 Å². The first-order valence-corrected chi connectivity index (χ1v) is 5.91. The van der Waals surface area contributed by atoms with Crippen LogP contribution in [0.25, 0.3) is 5.78 Å². The molecule has 3 rings (SSSR count). The highest BCUT2D eigenvalue weighted by Crippen LogP contribution is 2.16. The third-order valence-electron chi connectivity index (χ3n) is 3.13. The molecule has 3 heterocycles. The molecule has 17 heavy (non-hydrogen) atoms. The van der Waals surface area contributed by atoms with Gasteiger partial charge in [0, 0.05) is 27.2 Å². The maximum atomic E-state index is 5.39. The van der Waals surface area contributed by atoms with Crippen molar-refractivity contribution in [2.75, 3.05) is 31.2 Å². The lowest BCUT2D eigenvalue weighted by Gasteiger charge is -2.26. The first-order chi connectivity index (χ1) is 8.20. The summed E-state index contributed by atoms with van der Waals surface area (Å²) < 4.78 is 11.7. The number of fused-ring (bicyclic) bond motifs is 1. The molecule has 1 aliphatic heterocycles. The van der Waals surface area contributed by atoms with Crippen molar-refractivity contribution in [3.8, 4) is 0 Å². The lowest BCUT2D eigenvalue weighted by molar-refractivity contribution is 0.122. The molecule has 0 amide bonds. The van der Waals surface area contributed by atoms with Crippen LogP contribution in [0, 0.1) is 4.77 Å². The summed E-state index contributed by atoms with van der Waals surface area (Å²) in [6.07, 6.45) is 0. The summed E-state index contributed by atoms with van der Waals surface area (Å²) in [5.74, 6) is 1.57. The minimum absolute atomic E-state index is 0.703. The third-order valence-corrected chi connectivity index (χ3v) is 3.58. The van der Waals surface area contributed by atoms with E-state index in [0.717, 1.165) is 38.0 Å². The van der Waals surface area contributed by atoms with Crippen LogP contribution >= 0.6 is 12.2 Å². The van der Waals surface area contributed by atoms with E-state index in [1.807, 2.05) is 27.9 Å². The van der Waals surface area contributed by atoms with Gasteiger partial charge in [-0.1, -0.05) is 0 Å². The zero-order chi connectivity index (χ0) is 12.0. The maximum absolute atomic E-state index is 5.39. The minimum Gasteiger partial charge on any atom is -0.378 e. The van der Waals surface area contributed by atoms with Crippen LogP contribution in [0.2, 0.25) is 0 Å². The van der Waals surface area contributed by atoms with E-state index < -0.39 is 0 Å². The van der Waals surface area contributed by atoms with Crippen LogP contribution in [-0.4, -0.2) is 50.3 Å². The van der Waals surface area contributed by atoms with Crippen LogP contribution in [0.5, 0.6) is 0 Å². The predicted molar refractivity (Wildman–Crippen MR) is 64.8 cm³/mol. The molecule has 0 spiro atoms. The quantitative estimate of drug-likeness (QED) is 0.669. The number of nitrogens with zero attached hydrogens (tertiary/aromatic N) is 6. The average molecular weight is 254 g/mol. The van der Waals surface area contributed by atoms with Gasteiger partial charge in [0.1, 0.15) is 0 Å². The summed E-state index contributed by atoms with van der Waals surface area (Å²) in [5.41, 5.74) is 0. The molecule has 0 unspecified atom stereocenters. The molecule has 92 valence electrons. The van der Waals surface area contributed by atoms with Gasteiger partial charge in [-0.15, -0.1) is 10.2 Å². The fraction of sp³-hybridized carbons (Fsp3) is 0.667. The van der Waals surface area contributed by atoms with Gasteiger partial charge in [-0.25, -0.2) is 4.40 Å². The van der Waals surface area contributed by atoms with Gasteiger partial charge in [-0.2, -0.15) is 0 Å². The van der Waals surface area contributed by atoms with Crippen molar-refractivity contribution in [3.63, 3.8) is 0 Å². The molecule has 1 saturated heterocycles. The first kappa shape index (κ1) is 10.7. The highest BCUT2D eigenvalue weighted by molar-refractivity contribution is 7.71. The molecular weight excluding hydrogens is 240 g/mol. The van der Waals surface area contributed by atoms with Crippen molar-refractivity contribution in [1.29, 1.82) is 0 Å². The molecule has 0 atom stereocenters. The van der Waals surface area contributed by atoms with Gasteiger partial charge in [0.25, 0.3) is 5.78 Å². The Labute approximate surface area is 103 Å². The monoisotopic (exact) mass is 254 g/mol. The number of ether oxygens (including phenoxy) is 1. The van der Waals surface area contributed by atoms with Crippen LogP contribution in [-0.2, 0) is 18.8 Å². The lowest BCUT2D eigenvalue weighted by Crippen LogP contribution is -2.37. The Balaban J connectivity index is 2.17. The summed E-state index contributed by atoms with van der Waals surface area (Å²) in [5, 5.41) is 8.41. The van der Waals surface area contributed by atoms with Crippen LogP contribution in [0.1, 0.15) is 0 Å². The number of morpholine rings is 1. The molecule has 7 nitrogen and oxygen atoms in total. The molecule has 2 aromatic rings. The highest BCUT2D eigenvalue weighted by Gasteiger charge is 2.20. The number of rotatable bonds is 1. The Morgan fingerprint density at radius 1 is 1.12 bits per heavy atom. The van der Waals surface area contributed by atoms with E-state index in [-0.39, 0.29) is 0 Å². The average Bonchev–Trinajstić information content (AvgIpc) is 2.88. The summed E-state index contributed by atoms with van der Waals surface area (Å²) in [7, 11) is 3.84. The SMILES string of the molecule is Cn1c(=S)n2c(N3CCOCC3)nnc2n1C. The third kappa shape index (κ3) is 1.48. The molecule has 1 aliphatic rings. The number of aryl methyl sites for hydroxylation is 1. The second-order valence-corrected chi connectivity index (χ2v) is 4.43.